The Labute approximate surface area is 132 Å². The predicted molar refractivity (Wildman–Crippen MR) is 79.7 cm³/mol. The van der Waals surface area contributed by atoms with Gasteiger partial charge in [-0.1, -0.05) is 23.4 Å². The molecule has 0 unspecified atom stereocenters. The van der Waals surface area contributed by atoms with Crippen molar-refractivity contribution in [2.45, 2.75) is 12.5 Å². The first-order valence-corrected chi connectivity index (χ1v) is 7.35. The third-order valence-electron chi connectivity index (χ3n) is 3.89. The Kier molecular flexibility index (Phi) is 3.55. The van der Waals surface area contributed by atoms with Crippen LogP contribution in [0.3, 0.4) is 0 Å². The van der Waals surface area contributed by atoms with Crippen LogP contribution in [-0.4, -0.2) is 38.1 Å². The minimum absolute atomic E-state index is 0.168. The van der Waals surface area contributed by atoms with E-state index < -0.39 is 0 Å². The molecule has 6 nitrogen and oxygen atoms in total. The lowest BCUT2D eigenvalue weighted by Gasteiger charge is -2.37. The highest BCUT2D eigenvalue weighted by Crippen LogP contribution is 2.28. The SMILES string of the molecule is Fc1ccccc1CN1CC(c2nc(-c3cnccn3)no2)C1. The summed E-state index contributed by atoms with van der Waals surface area (Å²) < 4.78 is 19.0. The zero-order valence-electron chi connectivity index (χ0n) is 12.3. The Bertz CT molecular complexity index is 801. The van der Waals surface area contributed by atoms with E-state index in [0.717, 1.165) is 13.1 Å². The Morgan fingerprint density at radius 2 is 2.09 bits per heavy atom. The molecule has 1 aliphatic rings. The van der Waals surface area contributed by atoms with Gasteiger partial charge in [-0.15, -0.1) is 0 Å². The Balaban J connectivity index is 1.39. The van der Waals surface area contributed by atoms with E-state index >= 15 is 0 Å². The van der Waals surface area contributed by atoms with E-state index in [1.165, 1.54) is 6.07 Å². The molecule has 0 spiro atoms. The molecule has 1 aromatic carbocycles. The highest BCUT2D eigenvalue weighted by Gasteiger charge is 2.33. The predicted octanol–water partition coefficient (Wildman–Crippen LogP) is 2.27. The minimum atomic E-state index is -0.168. The zero-order chi connectivity index (χ0) is 15.6. The largest absolute Gasteiger partial charge is 0.339 e. The first kappa shape index (κ1) is 14.0. The van der Waals surface area contributed by atoms with E-state index in [1.54, 1.807) is 24.7 Å². The van der Waals surface area contributed by atoms with Crippen molar-refractivity contribution in [2.75, 3.05) is 13.1 Å². The molecule has 7 heteroatoms. The van der Waals surface area contributed by atoms with E-state index in [4.69, 9.17) is 4.52 Å². The van der Waals surface area contributed by atoms with Crippen LogP contribution >= 0.6 is 0 Å². The second kappa shape index (κ2) is 5.85. The quantitative estimate of drug-likeness (QED) is 0.736. The maximum Gasteiger partial charge on any atom is 0.232 e. The van der Waals surface area contributed by atoms with Gasteiger partial charge in [-0.2, -0.15) is 4.98 Å². The first-order chi connectivity index (χ1) is 11.3. The van der Waals surface area contributed by atoms with E-state index in [2.05, 4.69) is 25.0 Å². The normalized spacial score (nSPS) is 15.5. The van der Waals surface area contributed by atoms with Gasteiger partial charge in [0.25, 0.3) is 0 Å². The van der Waals surface area contributed by atoms with Gasteiger partial charge in [0.15, 0.2) is 0 Å². The van der Waals surface area contributed by atoms with Crippen LogP contribution in [-0.2, 0) is 6.54 Å². The summed E-state index contributed by atoms with van der Waals surface area (Å²) in [4.78, 5) is 14.7. The summed E-state index contributed by atoms with van der Waals surface area (Å²) in [5.74, 6) is 1.05. The van der Waals surface area contributed by atoms with Gasteiger partial charge in [-0.25, -0.2) is 9.37 Å². The molecule has 3 aromatic rings. The third-order valence-corrected chi connectivity index (χ3v) is 3.89. The highest BCUT2D eigenvalue weighted by atomic mass is 19.1. The molecule has 0 radical (unpaired) electrons. The van der Waals surface area contributed by atoms with E-state index in [9.17, 15) is 4.39 Å². The Morgan fingerprint density at radius 3 is 2.87 bits per heavy atom. The van der Waals surface area contributed by atoms with Crippen molar-refractivity contribution in [1.29, 1.82) is 0 Å². The number of likely N-dealkylation sites (tertiary alicyclic amines) is 1. The lowest BCUT2D eigenvalue weighted by atomic mass is 9.99. The molecule has 0 atom stereocenters. The van der Waals surface area contributed by atoms with Crippen LogP contribution in [0.15, 0.2) is 47.4 Å². The van der Waals surface area contributed by atoms with Crippen LogP contribution in [0.1, 0.15) is 17.4 Å². The van der Waals surface area contributed by atoms with Gasteiger partial charge in [0.2, 0.25) is 11.7 Å². The van der Waals surface area contributed by atoms with E-state index in [0.29, 0.717) is 29.5 Å². The van der Waals surface area contributed by atoms with Crippen LogP contribution in [0.4, 0.5) is 4.39 Å². The smallest absolute Gasteiger partial charge is 0.232 e. The summed E-state index contributed by atoms with van der Waals surface area (Å²) in [5.41, 5.74) is 1.29. The molecule has 1 aliphatic heterocycles. The molecule has 1 saturated heterocycles. The summed E-state index contributed by atoms with van der Waals surface area (Å²) in [6.45, 7) is 2.14. The van der Waals surface area contributed by atoms with Crippen molar-refractivity contribution in [1.82, 2.24) is 25.0 Å². The van der Waals surface area contributed by atoms with Gasteiger partial charge in [-0.3, -0.25) is 9.88 Å². The van der Waals surface area contributed by atoms with Gasteiger partial charge in [0.1, 0.15) is 11.5 Å². The van der Waals surface area contributed by atoms with Crippen LogP contribution in [0.25, 0.3) is 11.5 Å². The van der Waals surface area contributed by atoms with E-state index in [-0.39, 0.29) is 11.7 Å². The van der Waals surface area contributed by atoms with Crippen molar-refractivity contribution in [2.24, 2.45) is 0 Å². The molecule has 0 amide bonds. The molecular formula is C16H14FN5O. The van der Waals surface area contributed by atoms with Gasteiger partial charge in [0, 0.05) is 37.6 Å². The molecule has 1 fully saturated rings. The van der Waals surface area contributed by atoms with Crippen molar-refractivity contribution in [3.05, 3.63) is 60.1 Å². The maximum atomic E-state index is 13.6. The number of rotatable bonds is 4. The van der Waals surface area contributed by atoms with Crippen LogP contribution < -0.4 is 0 Å². The van der Waals surface area contributed by atoms with Gasteiger partial charge in [0.05, 0.1) is 12.1 Å². The monoisotopic (exact) mass is 311 g/mol. The topological polar surface area (TPSA) is 67.9 Å². The lowest BCUT2D eigenvalue weighted by Crippen LogP contribution is -2.44. The van der Waals surface area contributed by atoms with Gasteiger partial charge < -0.3 is 4.52 Å². The molecule has 2 aromatic heterocycles. The number of aromatic nitrogens is 4. The molecule has 116 valence electrons. The minimum Gasteiger partial charge on any atom is -0.339 e. The molecule has 0 aliphatic carbocycles. The number of halogens is 1. The summed E-state index contributed by atoms with van der Waals surface area (Å²) in [6, 6.07) is 6.84. The molecule has 23 heavy (non-hydrogen) atoms. The van der Waals surface area contributed by atoms with Gasteiger partial charge >= 0.3 is 0 Å². The first-order valence-electron chi connectivity index (χ1n) is 7.35. The van der Waals surface area contributed by atoms with Crippen LogP contribution in [0, 0.1) is 5.82 Å². The third kappa shape index (κ3) is 2.83. The number of nitrogens with zero attached hydrogens (tertiary/aromatic N) is 5. The average molecular weight is 311 g/mol. The summed E-state index contributed by atoms with van der Waals surface area (Å²) in [6.07, 6.45) is 4.78. The number of hydrogen-bond donors (Lipinski definition) is 0. The number of benzene rings is 1. The fourth-order valence-corrected chi connectivity index (χ4v) is 2.64. The fourth-order valence-electron chi connectivity index (χ4n) is 2.64. The molecular weight excluding hydrogens is 297 g/mol. The second-order valence-corrected chi connectivity index (χ2v) is 5.53. The second-order valence-electron chi connectivity index (χ2n) is 5.53. The highest BCUT2D eigenvalue weighted by molar-refractivity contribution is 5.45. The average Bonchev–Trinajstić information content (AvgIpc) is 3.02. The van der Waals surface area contributed by atoms with Crippen molar-refractivity contribution < 1.29 is 8.91 Å². The summed E-state index contributed by atoms with van der Waals surface area (Å²) >= 11 is 0. The van der Waals surface area contributed by atoms with E-state index in [1.807, 2.05) is 12.1 Å². The molecule has 0 saturated carbocycles. The molecule has 0 N–H and O–H groups in total. The Hall–Kier alpha value is -2.67. The van der Waals surface area contributed by atoms with Crippen molar-refractivity contribution in [3.63, 3.8) is 0 Å². The van der Waals surface area contributed by atoms with Crippen molar-refractivity contribution in [3.8, 4) is 11.5 Å². The molecule has 3 heterocycles. The maximum absolute atomic E-state index is 13.6. The number of hydrogen-bond acceptors (Lipinski definition) is 6. The zero-order valence-corrected chi connectivity index (χ0v) is 12.3. The Morgan fingerprint density at radius 1 is 1.22 bits per heavy atom. The molecule has 4 rings (SSSR count). The summed E-state index contributed by atoms with van der Waals surface area (Å²) in [7, 11) is 0. The standard InChI is InChI=1S/C16H14FN5O/c17-13-4-2-1-3-11(13)8-22-9-12(10-22)16-20-15(21-23-16)14-7-18-5-6-19-14/h1-7,12H,8-10H2. The van der Waals surface area contributed by atoms with Gasteiger partial charge in [-0.05, 0) is 6.07 Å². The van der Waals surface area contributed by atoms with Crippen LogP contribution in [0.5, 0.6) is 0 Å². The molecule has 0 bridgehead atoms. The van der Waals surface area contributed by atoms with Crippen molar-refractivity contribution >= 4 is 0 Å². The summed E-state index contributed by atoms with van der Waals surface area (Å²) in [5, 5.41) is 3.95. The van der Waals surface area contributed by atoms with Crippen LogP contribution in [0.2, 0.25) is 0 Å². The fraction of sp³-hybridized carbons (Fsp3) is 0.250. The lowest BCUT2D eigenvalue weighted by molar-refractivity contribution is 0.116.